The van der Waals surface area contributed by atoms with E-state index in [4.69, 9.17) is 0 Å². The molecule has 1 amide bonds. The molecule has 0 saturated carbocycles. The Hall–Kier alpha value is -1.78. The van der Waals surface area contributed by atoms with E-state index >= 15 is 0 Å². The van der Waals surface area contributed by atoms with Gasteiger partial charge in [-0.3, -0.25) is 4.79 Å². The smallest absolute Gasteiger partial charge is 0.238 e. The van der Waals surface area contributed by atoms with Crippen LogP contribution in [0.25, 0.3) is 0 Å². The fraction of sp³-hybridized carbons (Fsp3) is 0.278. The van der Waals surface area contributed by atoms with E-state index in [9.17, 15) is 4.79 Å². The lowest BCUT2D eigenvalue weighted by Gasteiger charge is -2.19. The number of carbonyl (C=O) groups is 1. The van der Waals surface area contributed by atoms with E-state index in [0.717, 1.165) is 10.5 Å². The molecule has 0 aliphatic heterocycles. The second-order valence-corrected chi connectivity index (χ2v) is 6.34. The third-order valence-corrected chi connectivity index (χ3v) is 4.68. The van der Waals surface area contributed by atoms with Crippen LogP contribution in [0.5, 0.6) is 0 Å². The van der Waals surface area contributed by atoms with Crippen molar-refractivity contribution in [1.82, 2.24) is 10.6 Å². The molecule has 2 unspecified atom stereocenters. The molecular weight excluding hydrogens is 292 g/mol. The predicted molar refractivity (Wildman–Crippen MR) is 93.0 cm³/mol. The molecule has 0 saturated heterocycles. The van der Waals surface area contributed by atoms with Gasteiger partial charge in [0, 0.05) is 17.5 Å². The van der Waals surface area contributed by atoms with Crippen molar-refractivity contribution in [3.63, 3.8) is 0 Å². The lowest BCUT2D eigenvalue weighted by atomic mass is 10.1. The number of rotatable bonds is 7. The van der Waals surface area contributed by atoms with Crippen molar-refractivity contribution in [3.8, 4) is 0 Å². The molecule has 2 aromatic carbocycles. The Labute approximate surface area is 136 Å². The number of carbonyl (C=O) groups excluding carboxylic acids is 1. The number of amides is 1. The molecule has 0 aromatic heterocycles. The van der Waals surface area contributed by atoms with Gasteiger partial charge < -0.3 is 10.6 Å². The Balaban J connectivity index is 2.13. The molecule has 2 aromatic rings. The first kappa shape index (κ1) is 16.6. The van der Waals surface area contributed by atoms with Crippen molar-refractivity contribution >= 4 is 17.7 Å². The zero-order valence-electron chi connectivity index (χ0n) is 13.0. The van der Waals surface area contributed by atoms with Crippen LogP contribution in [0.4, 0.5) is 0 Å². The van der Waals surface area contributed by atoms with Gasteiger partial charge in [-0.15, -0.1) is 11.8 Å². The first-order valence-corrected chi connectivity index (χ1v) is 8.30. The topological polar surface area (TPSA) is 41.1 Å². The maximum atomic E-state index is 12.6. The Bertz CT molecular complexity index is 574. The second-order valence-electron chi connectivity index (χ2n) is 5.16. The maximum Gasteiger partial charge on any atom is 0.238 e. The maximum absolute atomic E-state index is 12.6. The minimum Gasteiger partial charge on any atom is -0.353 e. The highest BCUT2D eigenvalue weighted by molar-refractivity contribution is 8.00. The van der Waals surface area contributed by atoms with Crippen LogP contribution in [0.1, 0.15) is 17.7 Å². The molecule has 0 fully saturated rings. The number of benzene rings is 2. The lowest BCUT2D eigenvalue weighted by Crippen LogP contribution is -2.38. The van der Waals surface area contributed by atoms with Gasteiger partial charge in [0.15, 0.2) is 0 Å². The summed E-state index contributed by atoms with van der Waals surface area (Å²) < 4.78 is 0. The Morgan fingerprint density at radius 1 is 1.05 bits per heavy atom. The molecule has 3 nitrogen and oxygen atoms in total. The molecule has 0 radical (unpaired) electrons. The van der Waals surface area contributed by atoms with E-state index in [0.29, 0.717) is 6.54 Å². The van der Waals surface area contributed by atoms with Gasteiger partial charge in [0.25, 0.3) is 0 Å². The minimum absolute atomic E-state index is 0.0437. The van der Waals surface area contributed by atoms with Crippen LogP contribution in [0.2, 0.25) is 0 Å². The molecule has 2 rings (SSSR count). The standard InChI is InChI=1S/C18H22N2OS/c1-14(19-2)13-20-18(21)17(15-9-5-3-6-10-15)22-16-11-7-4-8-12-16/h3-12,14,17,19H,13H2,1-2H3,(H,20,21). The molecular formula is C18H22N2OS. The Kier molecular flexibility index (Phi) is 6.49. The number of likely N-dealkylation sites (N-methyl/N-ethyl adjacent to an activating group) is 1. The lowest BCUT2D eigenvalue weighted by molar-refractivity contribution is -0.120. The summed E-state index contributed by atoms with van der Waals surface area (Å²) in [6, 6.07) is 20.2. The second kappa shape index (κ2) is 8.61. The highest BCUT2D eigenvalue weighted by Gasteiger charge is 2.21. The SMILES string of the molecule is CNC(C)CNC(=O)C(Sc1ccccc1)c1ccccc1. The average Bonchev–Trinajstić information content (AvgIpc) is 2.59. The summed E-state index contributed by atoms with van der Waals surface area (Å²) in [7, 11) is 1.89. The summed E-state index contributed by atoms with van der Waals surface area (Å²) in [6.45, 7) is 2.66. The molecule has 116 valence electrons. The molecule has 2 N–H and O–H groups in total. The van der Waals surface area contributed by atoms with Gasteiger partial charge in [0.05, 0.1) is 0 Å². The zero-order valence-corrected chi connectivity index (χ0v) is 13.8. The normalized spacial score (nSPS) is 13.4. The summed E-state index contributed by atoms with van der Waals surface area (Å²) in [4.78, 5) is 13.7. The van der Waals surface area contributed by atoms with Crippen LogP contribution in [-0.4, -0.2) is 25.5 Å². The van der Waals surface area contributed by atoms with Crippen molar-refractivity contribution < 1.29 is 4.79 Å². The summed E-state index contributed by atoms with van der Waals surface area (Å²) in [5, 5.41) is 5.91. The minimum atomic E-state index is -0.243. The van der Waals surface area contributed by atoms with Crippen LogP contribution in [0, 0.1) is 0 Å². The molecule has 4 heteroatoms. The summed E-state index contributed by atoms with van der Waals surface area (Å²) in [6.07, 6.45) is 0. The number of nitrogens with one attached hydrogen (secondary N) is 2. The third-order valence-electron chi connectivity index (χ3n) is 3.41. The van der Waals surface area contributed by atoms with Crippen molar-refractivity contribution in [1.29, 1.82) is 0 Å². The first-order valence-electron chi connectivity index (χ1n) is 7.42. The van der Waals surface area contributed by atoms with Gasteiger partial charge in [0.1, 0.15) is 5.25 Å². The zero-order chi connectivity index (χ0) is 15.8. The van der Waals surface area contributed by atoms with Crippen molar-refractivity contribution in [3.05, 3.63) is 66.2 Å². The summed E-state index contributed by atoms with van der Waals surface area (Å²) in [5.74, 6) is 0.0437. The summed E-state index contributed by atoms with van der Waals surface area (Å²) in [5.41, 5.74) is 1.02. The van der Waals surface area contributed by atoms with Crippen LogP contribution in [-0.2, 0) is 4.79 Å². The van der Waals surface area contributed by atoms with Gasteiger partial charge in [-0.1, -0.05) is 48.5 Å². The van der Waals surface area contributed by atoms with Gasteiger partial charge in [-0.25, -0.2) is 0 Å². The predicted octanol–water partition coefficient (Wildman–Crippen LogP) is 3.24. The number of thioether (sulfide) groups is 1. The van der Waals surface area contributed by atoms with Crippen LogP contribution < -0.4 is 10.6 Å². The quantitative estimate of drug-likeness (QED) is 0.771. The molecule has 0 spiro atoms. The first-order chi connectivity index (χ1) is 10.7. The van der Waals surface area contributed by atoms with Gasteiger partial charge in [0.2, 0.25) is 5.91 Å². The van der Waals surface area contributed by atoms with Crippen molar-refractivity contribution in [2.75, 3.05) is 13.6 Å². The van der Waals surface area contributed by atoms with Crippen LogP contribution in [0.3, 0.4) is 0 Å². The van der Waals surface area contributed by atoms with E-state index in [-0.39, 0.29) is 17.2 Å². The molecule has 0 bridgehead atoms. The van der Waals surface area contributed by atoms with Crippen LogP contribution in [0.15, 0.2) is 65.6 Å². The van der Waals surface area contributed by atoms with E-state index in [2.05, 4.69) is 10.6 Å². The third kappa shape index (κ3) is 4.90. The van der Waals surface area contributed by atoms with Crippen molar-refractivity contribution in [2.24, 2.45) is 0 Å². The van der Waals surface area contributed by atoms with Crippen LogP contribution >= 0.6 is 11.8 Å². The van der Waals surface area contributed by atoms with E-state index < -0.39 is 0 Å². The molecule has 0 aliphatic carbocycles. The van der Waals surface area contributed by atoms with Gasteiger partial charge in [-0.2, -0.15) is 0 Å². The molecule has 0 heterocycles. The Morgan fingerprint density at radius 3 is 2.23 bits per heavy atom. The highest BCUT2D eigenvalue weighted by Crippen LogP contribution is 2.35. The molecule has 22 heavy (non-hydrogen) atoms. The fourth-order valence-electron chi connectivity index (χ4n) is 1.98. The number of hydrogen-bond acceptors (Lipinski definition) is 3. The fourth-order valence-corrected chi connectivity index (χ4v) is 3.05. The molecule has 2 atom stereocenters. The van der Waals surface area contributed by atoms with Gasteiger partial charge >= 0.3 is 0 Å². The number of hydrogen-bond donors (Lipinski definition) is 2. The van der Waals surface area contributed by atoms with E-state index in [1.54, 1.807) is 11.8 Å². The van der Waals surface area contributed by atoms with E-state index in [1.165, 1.54) is 0 Å². The monoisotopic (exact) mass is 314 g/mol. The van der Waals surface area contributed by atoms with Crippen molar-refractivity contribution in [2.45, 2.75) is 23.1 Å². The Morgan fingerprint density at radius 2 is 1.64 bits per heavy atom. The largest absolute Gasteiger partial charge is 0.353 e. The van der Waals surface area contributed by atoms with Gasteiger partial charge in [-0.05, 0) is 31.7 Å². The highest BCUT2D eigenvalue weighted by atomic mass is 32.2. The average molecular weight is 314 g/mol. The summed E-state index contributed by atoms with van der Waals surface area (Å²) >= 11 is 1.58. The van der Waals surface area contributed by atoms with E-state index in [1.807, 2.05) is 74.6 Å². The molecule has 0 aliphatic rings.